The summed E-state index contributed by atoms with van der Waals surface area (Å²) in [6.45, 7) is 1.87. The van der Waals surface area contributed by atoms with Gasteiger partial charge in [-0.2, -0.15) is 0 Å². The van der Waals surface area contributed by atoms with Crippen LogP contribution in [0.25, 0.3) is 0 Å². The highest BCUT2D eigenvalue weighted by Crippen LogP contribution is 2.35. The summed E-state index contributed by atoms with van der Waals surface area (Å²) in [5.74, 6) is 0.109. The number of rotatable bonds is 0. The van der Waals surface area contributed by atoms with Crippen molar-refractivity contribution in [1.29, 1.82) is 0 Å². The van der Waals surface area contributed by atoms with Crippen molar-refractivity contribution in [1.82, 2.24) is 5.43 Å². The zero-order chi connectivity index (χ0) is 10.3. The molecule has 1 aliphatic heterocycles. The Balaban J connectivity index is 2.65. The third-order valence-electron chi connectivity index (χ3n) is 1.91. The molecular formula is C8H8BrN4O-. The minimum atomic E-state index is 0.109. The van der Waals surface area contributed by atoms with Gasteiger partial charge in [-0.15, -0.1) is 0 Å². The van der Waals surface area contributed by atoms with E-state index in [1.165, 1.54) is 0 Å². The van der Waals surface area contributed by atoms with Crippen LogP contribution in [0.3, 0.4) is 0 Å². The lowest BCUT2D eigenvalue weighted by atomic mass is 10.1. The maximum absolute atomic E-state index is 11.4. The SMILES string of the molecule is Cc1cc(Br)cc2c1N=C(N)NN2[O-]. The Bertz CT molecular complexity index is 418. The number of benzene rings is 1. The molecule has 5 nitrogen and oxygen atoms in total. The fourth-order valence-electron chi connectivity index (χ4n) is 1.33. The summed E-state index contributed by atoms with van der Waals surface area (Å²) in [5.41, 5.74) is 9.78. The van der Waals surface area contributed by atoms with Crippen molar-refractivity contribution in [3.05, 3.63) is 27.4 Å². The van der Waals surface area contributed by atoms with Crippen LogP contribution in [-0.2, 0) is 0 Å². The van der Waals surface area contributed by atoms with E-state index in [-0.39, 0.29) is 5.96 Å². The number of aryl methyl sites for hydroxylation is 1. The lowest BCUT2D eigenvalue weighted by Crippen LogP contribution is -2.44. The Hall–Kier alpha value is -1.27. The molecule has 0 radical (unpaired) electrons. The van der Waals surface area contributed by atoms with E-state index in [0.29, 0.717) is 16.5 Å². The Morgan fingerprint density at radius 2 is 2.29 bits per heavy atom. The van der Waals surface area contributed by atoms with E-state index in [2.05, 4.69) is 26.3 Å². The monoisotopic (exact) mass is 255 g/mol. The third kappa shape index (κ3) is 1.42. The first-order valence-electron chi connectivity index (χ1n) is 3.96. The molecule has 2 rings (SSSR count). The maximum Gasteiger partial charge on any atom is 0.212 e. The van der Waals surface area contributed by atoms with E-state index < -0.39 is 0 Å². The number of fused-ring (bicyclic) bond motifs is 1. The molecule has 0 unspecified atom stereocenters. The normalized spacial score (nSPS) is 14.5. The predicted octanol–water partition coefficient (Wildman–Crippen LogP) is 1.53. The minimum Gasteiger partial charge on any atom is -0.739 e. The first kappa shape index (κ1) is 9.29. The molecule has 1 aromatic rings. The van der Waals surface area contributed by atoms with Crippen molar-refractivity contribution < 1.29 is 0 Å². The second kappa shape index (κ2) is 3.14. The molecule has 3 N–H and O–H groups in total. The lowest BCUT2D eigenvalue weighted by Gasteiger charge is -2.35. The van der Waals surface area contributed by atoms with Crippen LogP contribution in [0.1, 0.15) is 5.56 Å². The largest absolute Gasteiger partial charge is 0.739 e. The quantitative estimate of drug-likeness (QED) is 0.737. The molecule has 0 amide bonds. The molecule has 14 heavy (non-hydrogen) atoms. The summed E-state index contributed by atoms with van der Waals surface area (Å²) in [7, 11) is 0. The Labute approximate surface area is 89.3 Å². The van der Waals surface area contributed by atoms with Crippen molar-refractivity contribution in [3.63, 3.8) is 0 Å². The number of aliphatic imine (C=N–C) groups is 1. The van der Waals surface area contributed by atoms with Gasteiger partial charge in [0.15, 0.2) is 0 Å². The summed E-state index contributed by atoms with van der Waals surface area (Å²) in [6, 6.07) is 3.58. The molecular weight excluding hydrogens is 248 g/mol. The molecule has 74 valence electrons. The molecule has 6 heteroatoms. The van der Waals surface area contributed by atoms with Crippen LogP contribution in [0.5, 0.6) is 0 Å². The summed E-state index contributed by atoms with van der Waals surface area (Å²) < 4.78 is 0.840. The second-order valence-electron chi connectivity index (χ2n) is 2.99. The van der Waals surface area contributed by atoms with Gasteiger partial charge in [-0.3, -0.25) is 5.43 Å². The van der Waals surface area contributed by atoms with Gasteiger partial charge < -0.3 is 16.1 Å². The van der Waals surface area contributed by atoms with Crippen molar-refractivity contribution in [2.75, 3.05) is 5.17 Å². The van der Waals surface area contributed by atoms with Crippen molar-refractivity contribution in [2.24, 2.45) is 10.7 Å². The predicted molar refractivity (Wildman–Crippen MR) is 59.1 cm³/mol. The van der Waals surface area contributed by atoms with E-state index in [1.807, 2.05) is 13.0 Å². The average molecular weight is 256 g/mol. The van der Waals surface area contributed by atoms with Gasteiger partial charge in [0, 0.05) is 4.47 Å². The molecule has 0 atom stereocenters. The average Bonchev–Trinajstić information content (AvgIpc) is 2.07. The Kier molecular flexibility index (Phi) is 2.09. The van der Waals surface area contributed by atoms with Crippen LogP contribution in [0.4, 0.5) is 11.4 Å². The number of nitrogens with two attached hydrogens (primary N) is 1. The fourth-order valence-corrected chi connectivity index (χ4v) is 1.89. The number of hydrogen-bond donors (Lipinski definition) is 2. The van der Waals surface area contributed by atoms with Crippen LogP contribution in [0, 0.1) is 12.1 Å². The van der Waals surface area contributed by atoms with Gasteiger partial charge in [0.25, 0.3) is 0 Å². The standard InChI is InChI=1S/C8H8BrN4O/c1-4-2-5(9)3-6-7(4)11-8(10)12-13(6)14/h2-3H,1H3,(H3,10,11,12)/q-1. The molecule has 0 spiro atoms. The maximum atomic E-state index is 11.4. The second-order valence-corrected chi connectivity index (χ2v) is 3.91. The van der Waals surface area contributed by atoms with Crippen LogP contribution in [0.15, 0.2) is 21.6 Å². The molecule has 1 aliphatic rings. The first-order chi connectivity index (χ1) is 6.58. The number of nitrogens with one attached hydrogen (secondary N) is 1. The highest BCUT2D eigenvalue weighted by Gasteiger charge is 2.13. The van der Waals surface area contributed by atoms with Crippen molar-refractivity contribution >= 4 is 33.3 Å². The van der Waals surface area contributed by atoms with Gasteiger partial charge in [0.05, 0.1) is 11.4 Å². The highest BCUT2D eigenvalue weighted by molar-refractivity contribution is 9.10. The number of hydrogen-bond acceptors (Lipinski definition) is 5. The number of guanidine groups is 1. The van der Waals surface area contributed by atoms with Gasteiger partial charge in [-0.25, -0.2) is 4.99 Å². The number of anilines is 1. The van der Waals surface area contributed by atoms with Crippen LogP contribution in [-0.4, -0.2) is 5.96 Å². The van der Waals surface area contributed by atoms with Gasteiger partial charge in [-0.05, 0) is 24.6 Å². The van der Waals surface area contributed by atoms with Gasteiger partial charge in [0.1, 0.15) is 0 Å². The Morgan fingerprint density at radius 1 is 1.57 bits per heavy atom. The summed E-state index contributed by atoms with van der Waals surface area (Å²) in [6.07, 6.45) is 0. The first-order valence-corrected chi connectivity index (χ1v) is 4.75. The summed E-state index contributed by atoms with van der Waals surface area (Å²) >= 11 is 3.31. The molecule has 0 saturated carbocycles. The van der Waals surface area contributed by atoms with Crippen molar-refractivity contribution in [3.8, 4) is 0 Å². The zero-order valence-corrected chi connectivity index (χ0v) is 9.00. The fraction of sp³-hybridized carbons (Fsp3) is 0.125. The summed E-state index contributed by atoms with van der Waals surface area (Å²) in [5, 5.41) is 12.0. The lowest BCUT2D eigenvalue weighted by molar-refractivity contribution is 0.897. The molecule has 0 saturated heterocycles. The molecule has 1 aromatic carbocycles. The number of nitrogens with zero attached hydrogens (tertiary/aromatic N) is 2. The van der Waals surface area contributed by atoms with E-state index in [1.54, 1.807) is 6.07 Å². The van der Waals surface area contributed by atoms with E-state index in [0.717, 1.165) is 10.0 Å². The van der Waals surface area contributed by atoms with Crippen LogP contribution < -0.4 is 16.3 Å². The minimum absolute atomic E-state index is 0.109. The molecule has 1 heterocycles. The topological polar surface area (TPSA) is 76.7 Å². The molecule has 0 aliphatic carbocycles. The van der Waals surface area contributed by atoms with E-state index in [9.17, 15) is 5.21 Å². The van der Waals surface area contributed by atoms with Gasteiger partial charge in [0.2, 0.25) is 5.96 Å². The molecule has 0 fully saturated rings. The van der Waals surface area contributed by atoms with Crippen LogP contribution >= 0.6 is 15.9 Å². The van der Waals surface area contributed by atoms with Gasteiger partial charge in [-0.1, -0.05) is 15.9 Å². The summed E-state index contributed by atoms with van der Waals surface area (Å²) in [4.78, 5) is 4.06. The van der Waals surface area contributed by atoms with E-state index in [4.69, 9.17) is 5.73 Å². The number of hydrazine groups is 1. The third-order valence-corrected chi connectivity index (χ3v) is 2.37. The molecule has 0 aromatic heterocycles. The van der Waals surface area contributed by atoms with Crippen molar-refractivity contribution in [2.45, 2.75) is 6.92 Å². The number of halogens is 1. The van der Waals surface area contributed by atoms with Crippen LogP contribution in [0.2, 0.25) is 0 Å². The van der Waals surface area contributed by atoms with Gasteiger partial charge >= 0.3 is 0 Å². The molecule has 0 bridgehead atoms. The highest BCUT2D eigenvalue weighted by atomic mass is 79.9. The van der Waals surface area contributed by atoms with E-state index >= 15 is 0 Å². The smallest absolute Gasteiger partial charge is 0.212 e. The Morgan fingerprint density at radius 3 is 3.00 bits per heavy atom. The zero-order valence-electron chi connectivity index (χ0n) is 7.41.